The van der Waals surface area contributed by atoms with Crippen molar-refractivity contribution in [3.05, 3.63) is 111 Å². The molecule has 7 nitrogen and oxygen atoms in total. The van der Waals surface area contributed by atoms with Crippen molar-refractivity contribution in [3.8, 4) is 5.75 Å². The number of aliphatic imine (C=N–C) groups is 1. The highest BCUT2D eigenvalue weighted by Crippen LogP contribution is 2.50. The molecule has 10 heteroatoms. The Morgan fingerprint density at radius 3 is 2.02 bits per heavy atom. The highest BCUT2D eigenvalue weighted by atomic mass is 19.4. The Labute approximate surface area is 302 Å². The smallest absolute Gasteiger partial charge is 0.433 e. The predicted octanol–water partition coefficient (Wildman–Crippen LogP) is 12.2. The molecule has 0 bridgehead atoms. The van der Waals surface area contributed by atoms with Crippen molar-refractivity contribution in [1.29, 1.82) is 0 Å². The third-order valence-corrected chi connectivity index (χ3v) is 8.68. The first-order valence-corrected chi connectivity index (χ1v) is 17.9. The van der Waals surface area contributed by atoms with Gasteiger partial charge in [0, 0.05) is 29.6 Å². The summed E-state index contributed by atoms with van der Waals surface area (Å²) in [5.41, 5.74) is 2.39. The van der Waals surface area contributed by atoms with Crippen molar-refractivity contribution in [3.63, 3.8) is 0 Å². The van der Waals surface area contributed by atoms with Crippen LogP contribution >= 0.6 is 0 Å². The Balaban J connectivity index is 0.00000206. The Morgan fingerprint density at radius 1 is 0.863 bits per heavy atom. The quantitative estimate of drug-likeness (QED) is 0.146. The number of carbonyl (C=O) groups excluding carboxylic acids is 1. The Morgan fingerprint density at radius 2 is 1.49 bits per heavy atom. The van der Waals surface area contributed by atoms with Crippen molar-refractivity contribution in [2.24, 2.45) is 10.2 Å². The van der Waals surface area contributed by atoms with Gasteiger partial charge in [-0.3, -0.25) is 0 Å². The van der Waals surface area contributed by atoms with Crippen LogP contribution in [0, 0.1) is 4.91 Å². The number of benzene rings is 3. The van der Waals surface area contributed by atoms with Gasteiger partial charge in [-0.1, -0.05) is 103 Å². The molecule has 0 saturated carbocycles. The van der Waals surface area contributed by atoms with Gasteiger partial charge in [0.2, 0.25) is 0 Å². The van der Waals surface area contributed by atoms with E-state index in [1.54, 1.807) is 31.4 Å². The van der Waals surface area contributed by atoms with Crippen LogP contribution in [-0.4, -0.2) is 26.0 Å². The summed E-state index contributed by atoms with van der Waals surface area (Å²) < 4.78 is 51.4. The fourth-order valence-corrected chi connectivity index (χ4v) is 6.05. The van der Waals surface area contributed by atoms with Gasteiger partial charge < -0.3 is 14.4 Å². The zero-order valence-electron chi connectivity index (χ0n) is 32.1. The number of allylic oxidation sites excluding steroid dienone is 2. The van der Waals surface area contributed by atoms with Gasteiger partial charge in [-0.05, 0) is 85.7 Å². The summed E-state index contributed by atoms with van der Waals surface area (Å²) in [6, 6.07) is 18.2. The molecular formula is C41H56F3N3O4. The van der Waals surface area contributed by atoms with Crippen molar-refractivity contribution >= 4 is 18.0 Å². The molecule has 1 unspecified atom stereocenters. The molecule has 1 heterocycles. The van der Waals surface area contributed by atoms with Crippen molar-refractivity contribution in [2.75, 3.05) is 18.6 Å². The molecule has 4 rings (SSSR count). The predicted molar refractivity (Wildman–Crippen MR) is 204 cm³/mol. The van der Waals surface area contributed by atoms with Crippen LogP contribution in [-0.2, 0) is 34.9 Å². The molecule has 1 amide bonds. The number of nitroso groups, excluding NO2 is 1. The lowest BCUT2D eigenvalue weighted by atomic mass is 9.76. The standard InChI is InChI=1S/C35H38F3N3O4.3C2H6/c1-6-34(7-2,40-43)26-14-12-24(13-15-26)23-45-32(42)39-19-18-31-33(4,22-25-10-9-11-27(20-25)35(36,37)38)29-21-28(44-5)16-17-30(29)41(31)8-3;3*1-2/h9-21H,6-8,22-23H2,1-5H3;3*1-2H3/b31-18-,39-19+;;;. The maximum absolute atomic E-state index is 13.5. The minimum Gasteiger partial charge on any atom is -0.497 e. The lowest BCUT2D eigenvalue weighted by molar-refractivity contribution is -0.137. The first-order valence-electron chi connectivity index (χ1n) is 17.9. The van der Waals surface area contributed by atoms with Gasteiger partial charge in [-0.15, -0.1) is 4.91 Å². The molecule has 1 aliphatic heterocycles. The van der Waals surface area contributed by atoms with E-state index < -0.39 is 28.8 Å². The summed E-state index contributed by atoms with van der Waals surface area (Å²) in [4.78, 5) is 30.1. The first-order chi connectivity index (χ1) is 24.4. The Kier molecular flexibility index (Phi) is 18.4. The lowest BCUT2D eigenvalue weighted by Gasteiger charge is -2.30. The number of anilines is 1. The molecule has 0 radical (unpaired) electrons. The molecule has 0 fully saturated rings. The normalized spacial score (nSPS) is 15.8. The first kappa shape index (κ1) is 44.6. The van der Waals surface area contributed by atoms with Gasteiger partial charge >= 0.3 is 12.3 Å². The number of likely N-dealkylation sites (N-methyl/N-ethyl adjacent to an activating group) is 1. The molecule has 0 N–H and O–H groups in total. The molecule has 3 aromatic carbocycles. The molecule has 0 aliphatic carbocycles. The summed E-state index contributed by atoms with van der Waals surface area (Å²) in [6.45, 7) is 20.4. The second-order valence-electron chi connectivity index (χ2n) is 11.2. The number of rotatable bonds is 11. The molecule has 280 valence electrons. The van der Waals surface area contributed by atoms with E-state index in [0.29, 0.717) is 30.7 Å². The number of amides is 1. The van der Waals surface area contributed by atoms with Crippen LogP contribution in [0.1, 0.15) is 110 Å². The summed E-state index contributed by atoms with van der Waals surface area (Å²) in [6.07, 6.45) is -0.743. The third-order valence-electron chi connectivity index (χ3n) is 8.68. The fraction of sp³-hybridized carbons (Fsp3) is 0.463. The van der Waals surface area contributed by atoms with E-state index in [4.69, 9.17) is 9.47 Å². The van der Waals surface area contributed by atoms with Gasteiger partial charge in [-0.25, -0.2) is 4.79 Å². The van der Waals surface area contributed by atoms with Crippen LogP contribution in [0.5, 0.6) is 5.75 Å². The summed E-state index contributed by atoms with van der Waals surface area (Å²) in [7, 11) is 1.56. The van der Waals surface area contributed by atoms with Gasteiger partial charge in [0.1, 0.15) is 17.9 Å². The molecule has 3 aromatic rings. The van der Waals surface area contributed by atoms with Gasteiger partial charge in [0.25, 0.3) is 0 Å². The number of fused-ring (bicyclic) bond motifs is 1. The number of hydrogen-bond acceptors (Lipinski definition) is 6. The van der Waals surface area contributed by atoms with E-state index in [1.807, 2.05) is 99.6 Å². The molecule has 1 aliphatic rings. The number of carbonyl (C=O) groups is 1. The van der Waals surface area contributed by atoms with E-state index in [-0.39, 0.29) is 13.0 Å². The lowest BCUT2D eigenvalue weighted by Crippen LogP contribution is -2.31. The summed E-state index contributed by atoms with van der Waals surface area (Å²) >= 11 is 0. The average Bonchev–Trinajstić information content (AvgIpc) is 3.39. The Bertz CT molecular complexity index is 1580. The van der Waals surface area contributed by atoms with E-state index in [2.05, 4.69) is 15.1 Å². The number of alkyl halides is 3. The SMILES string of the molecule is CC.CC.CC.CCN1/C(=C\C=N\C(=O)OCc2ccc(C(CC)(CC)N=O)cc2)C(C)(Cc2cccc(C(F)(F)F)c2)c2cc(OC)ccc21. The second kappa shape index (κ2) is 21.0. The molecule has 51 heavy (non-hydrogen) atoms. The second-order valence-corrected chi connectivity index (χ2v) is 11.2. The van der Waals surface area contributed by atoms with Crippen LogP contribution in [0.2, 0.25) is 0 Å². The van der Waals surface area contributed by atoms with E-state index in [9.17, 15) is 22.9 Å². The maximum atomic E-state index is 13.5. The minimum absolute atomic E-state index is 0.00756. The van der Waals surface area contributed by atoms with E-state index >= 15 is 0 Å². The van der Waals surface area contributed by atoms with Crippen LogP contribution in [0.25, 0.3) is 0 Å². The third kappa shape index (κ3) is 10.8. The number of nitrogens with zero attached hydrogens (tertiary/aromatic N) is 3. The molecule has 0 spiro atoms. The molecule has 0 aromatic heterocycles. The largest absolute Gasteiger partial charge is 0.497 e. The summed E-state index contributed by atoms with van der Waals surface area (Å²) in [5.74, 6) is 0.629. The fourth-order valence-electron chi connectivity index (χ4n) is 6.05. The monoisotopic (exact) mass is 711 g/mol. The van der Waals surface area contributed by atoms with Crippen molar-refractivity contribution in [1.82, 2.24) is 0 Å². The zero-order chi connectivity index (χ0) is 38.8. The zero-order valence-corrected chi connectivity index (χ0v) is 32.1. The molecule has 1 atom stereocenters. The number of halogens is 3. The molecular weight excluding hydrogens is 655 g/mol. The number of hydrogen-bond donors (Lipinski definition) is 0. The average molecular weight is 712 g/mol. The van der Waals surface area contributed by atoms with Crippen LogP contribution < -0.4 is 9.64 Å². The number of methoxy groups -OCH3 is 1. The molecule has 0 saturated heterocycles. The van der Waals surface area contributed by atoms with Gasteiger partial charge in [0.05, 0.1) is 12.7 Å². The van der Waals surface area contributed by atoms with Crippen LogP contribution in [0.15, 0.2) is 88.7 Å². The summed E-state index contributed by atoms with van der Waals surface area (Å²) in [5, 5.41) is 3.36. The number of ether oxygens (including phenoxy) is 2. The van der Waals surface area contributed by atoms with Gasteiger partial charge in [0.15, 0.2) is 0 Å². The maximum Gasteiger partial charge on any atom is 0.433 e. The van der Waals surface area contributed by atoms with E-state index in [1.165, 1.54) is 18.3 Å². The highest BCUT2D eigenvalue weighted by Gasteiger charge is 2.43. The van der Waals surface area contributed by atoms with E-state index in [0.717, 1.165) is 34.1 Å². The highest BCUT2D eigenvalue weighted by molar-refractivity contribution is 5.87. The van der Waals surface area contributed by atoms with Crippen molar-refractivity contribution in [2.45, 2.75) is 112 Å². The van der Waals surface area contributed by atoms with Crippen molar-refractivity contribution < 1.29 is 27.4 Å². The van der Waals surface area contributed by atoms with Crippen LogP contribution in [0.3, 0.4) is 0 Å². The topological polar surface area (TPSA) is 80.6 Å². The van der Waals surface area contributed by atoms with Gasteiger partial charge in [-0.2, -0.15) is 18.2 Å². The Hall–Kier alpha value is -4.47. The minimum atomic E-state index is -4.46. The van der Waals surface area contributed by atoms with Crippen LogP contribution in [0.4, 0.5) is 23.7 Å².